The molecule has 8 heteroatoms. The van der Waals surface area contributed by atoms with E-state index >= 15 is 0 Å². The molecule has 0 spiro atoms. The number of alkyl halides is 1. The van der Waals surface area contributed by atoms with Crippen LogP contribution in [0.15, 0.2) is 0 Å². The van der Waals surface area contributed by atoms with Gasteiger partial charge >= 0.3 is 5.97 Å². The second-order valence-electron chi connectivity index (χ2n) is 4.05. The van der Waals surface area contributed by atoms with E-state index in [4.69, 9.17) is 16.3 Å². The standard InChI is InChI=1S/C8H17ClN2O4S/c1-8(2,3)15-7(12)6-10-11-16(13,14)5-4-9/h10-11H,4-6H2,1-3H3. The maximum Gasteiger partial charge on any atom is 0.321 e. The first kappa shape index (κ1) is 15.6. The van der Waals surface area contributed by atoms with Crippen LogP contribution in [0.25, 0.3) is 0 Å². The number of halogens is 1. The van der Waals surface area contributed by atoms with Gasteiger partial charge in [-0.2, -0.15) is 4.83 Å². The number of hydrogen-bond acceptors (Lipinski definition) is 5. The third-order valence-corrected chi connectivity index (χ3v) is 2.84. The highest BCUT2D eigenvalue weighted by Gasteiger charge is 2.16. The average molecular weight is 273 g/mol. The molecule has 0 aromatic rings. The normalized spacial score (nSPS) is 12.5. The van der Waals surface area contributed by atoms with E-state index in [9.17, 15) is 13.2 Å². The van der Waals surface area contributed by atoms with Crippen molar-refractivity contribution in [2.45, 2.75) is 26.4 Å². The molecule has 0 aromatic carbocycles. The zero-order chi connectivity index (χ0) is 12.8. The number of carbonyl (C=O) groups is 1. The summed E-state index contributed by atoms with van der Waals surface area (Å²) in [5.41, 5.74) is 1.67. The minimum Gasteiger partial charge on any atom is -0.459 e. The highest BCUT2D eigenvalue weighted by molar-refractivity contribution is 7.89. The Labute approximate surface area is 101 Å². The third-order valence-electron chi connectivity index (χ3n) is 1.23. The summed E-state index contributed by atoms with van der Waals surface area (Å²) in [6.45, 7) is 4.94. The molecule has 0 atom stereocenters. The van der Waals surface area contributed by atoms with Gasteiger partial charge in [0.15, 0.2) is 0 Å². The van der Waals surface area contributed by atoms with Gasteiger partial charge < -0.3 is 4.74 Å². The van der Waals surface area contributed by atoms with Gasteiger partial charge in [-0.15, -0.1) is 11.6 Å². The predicted molar refractivity (Wildman–Crippen MR) is 61.5 cm³/mol. The molecule has 0 saturated heterocycles. The summed E-state index contributed by atoms with van der Waals surface area (Å²) in [7, 11) is -3.47. The average Bonchev–Trinajstić information content (AvgIpc) is 1.99. The van der Waals surface area contributed by atoms with Crippen molar-refractivity contribution < 1.29 is 17.9 Å². The molecule has 6 nitrogen and oxygen atoms in total. The van der Waals surface area contributed by atoms with E-state index < -0.39 is 21.6 Å². The van der Waals surface area contributed by atoms with Gasteiger partial charge in [0.25, 0.3) is 0 Å². The fraction of sp³-hybridized carbons (Fsp3) is 0.875. The molecule has 0 amide bonds. The van der Waals surface area contributed by atoms with Crippen LogP contribution in [-0.4, -0.2) is 38.2 Å². The number of esters is 1. The van der Waals surface area contributed by atoms with Gasteiger partial charge in [-0.1, -0.05) is 0 Å². The Morgan fingerprint density at radius 1 is 1.38 bits per heavy atom. The molecule has 96 valence electrons. The number of hydrazine groups is 1. The molecule has 0 aliphatic heterocycles. The fourth-order valence-corrected chi connectivity index (χ4v) is 1.96. The minimum absolute atomic E-state index is 0.0105. The molecule has 0 heterocycles. The number of sulfonamides is 1. The van der Waals surface area contributed by atoms with E-state index in [-0.39, 0.29) is 18.2 Å². The molecule has 0 bridgehead atoms. The second kappa shape index (κ2) is 6.39. The fourth-order valence-electron chi connectivity index (χ4n) is 0.748. The number of nitrogens with one attached hydrogen (secondary N) is 2. The van der Waals surface area contributed by atoms with Crippen molar-refractivity contribution in [1.82, 2.24) is 10.3 Å². The predicted octanol–water partition coefficient (Wildman–Crippen LogP) is -0.00910. The molecule has 0 saturated carbocycles. The lowest BCUT2D eigenvalue weighted by Gasteiger charge is -2.19. The van der Waals surface area contributed by atoms with Gasteiger partial charge in [0.1, 0.15) is 12.1 Å². The van der Waals surface area contributed by atoms with Crippen LogP contribution < -0.4 is 10.3 Å². The van der Waals surface area contributed by atoms with E-state index in [1.54, 1.807) is 20.8 Å². The maximum atomic E-state index is 11.2. The van der Waals surface area contributed by atoms with Gasteiger partial charge in [0, 0.05) is 5.88 Å². The molecule has 16 heavy (non-hydrogen) atoms. The lowest BCUT2D eigenvalue weighted by atomic mass is 10.2. The van der Waals surface area contributed by atoms with Crippen molar-refractivity contribution in [3.05, 3.63) is 0 Å². The molecular weight excluding hydrogens is 256 g/mol. The summed E-state index contributed by atoms with van der Waals surface area (Å²) in [4.78, 5) is 13.2. The van der Waals surface area contributed by atoms with E-state index in [2.05, 4.69) is 5.43 Å². The van der Waals surface area contributed by atoms with Crippen molar-refractivity contribution in [2.24, 2.45) is 0 Å². The van der Waals surface area contributed by atoms with Crippen molar-refractivity contribution in [3.63, 3.8) is 0 Å². The molecule has 0 aliphatic carbocycles. The Bertz CT molecular complexity index is 323. The van der Waals surface area contributed by atoms with E-state index in [0.29, 0.717) is 0 Å². The maximum absolute atomic E-state index is 11.2. The first-order valence-electron chi connectivity index (χ1n) is 4.66. The Hall–Kier alpha value is -0.370. The van der Waals surface area contributed by atoms with Crippen LogP contribution in [0, 0.1) is 0 Å². The summed E-state index contributed by atoms with van der Waals surface area (Å²) in [5, 5.41) is 0. The lowest BCUT2D eigenvalue weighted by molar-refractivity contribution is -0.153. The Morgan fingerprint density at radius 3 is 2.38 bits per heavy atom. The quantitative estimate of drug-likeness (QED) is 0.404. The number of ether oxygens (including phenoxy) is 1. The highest BCUT2D eigenvalue weighted by atomic mass is 35.5. The largest absolute Gasteiger partial charge is 0.459 e. The van der Waals surface area contributed by atoms with Gasteiger partial charge in [0.2, 0.25) is 10.0 Å². The number of rotatable bonds is 6. The van der Waals surface area contributed by atoms with Crippen molar-refractivity contribution in [1.29, 1.82) is 0 Å². The Kier molecular flexibility index (Phi) is 6.24. The number of hydrogen-bond donors (Lipinski definition) is 2. The van der Waals surface area contributed by atoms with Crippen molar-refractivity contribution in [2.75, 3.05) is 18.2 Å². The van der Waals surface area contributed by atoms with Crippen LogP contribution in [0.4, 0.5) is 0 Å². The van der Waals surface area contributed by atoms with Crippen LogP contribution >= 0.6 is 11.6 Å². The van der Waals surface area contributed by atoms with Crippen LogP contribution in [0.5, 0.6) is 0 Å². The van der Waals surface area contributed by atoms with Crippen LogP contribution in [-0.2, 0) is 19.6 Å². The zero-order valence-electron chi connectivity index (χ0n) is 9.54. The van der Waals surface area contributed by atoms with Crippen LogP contribution in [0.3, 0.4) is 0 Å². The number of carbonyl (C=O) groups excluding carboxylic acids is 1. The summed E-state index contributed by atoms with van der Waals surface area (Å²) in [5.74, 6) is -0.764. The smallest absolute Gasteiger partial charge is 0.321 e. The van der Waals surface area contributed by atoms with Crippen molar-refractivity contribution >= 4 is 27.6 Å². The Morgan fingerprint density at radius 2 is 1.94 bits per heavy atom. The lowest BCUT2D eigenvalue weighted by Crippen LogP contribution is -2.43. The molecule has 0 aliphatic rings. The first-order chi connectivity index (χ1) is 7.16. The summed E-state index contributed by atoms with van der Waals surface area (Å²) in [6, 6.07) is 0. The monoisotopic (exact) mass is 272 g/mol. The highest BCUT2D eigenvalue weighted by Crippen LogP contribution is 2.05. The topological polar surface area (TPSA) is 84.5 Å². The SMILES string of the molecule is CC(C)(C)OC(=O)CNNS(=O)(=O)CCCl. The minimum atomic E-state index is -3.47. The molecule has 0 fully saturated rings. The van der Waals surface area contributed by atoms with Crippen LogP contribution in [0.1, 0.15) is 20.8 Å². The zero-order valence-corrected chi connectivity index (χ0v) is 11.1. The molecule has 0 unspecified atom stereocenters. The second-order valence-corrected chi connectivity index (χ2v) is 6.27. The first-order valence-corrected chi connectivity index (χ1v) is 6.85. The Balaban J connectivity index is 3.87. The van der Waals surface area contributed by atoms with Gasteiger partial charge in [0.05, 0.1) is 5.75 Å². The molecule has 0 aromatic heterocycles. The van der Waals surface area contributed by atoms with E-state index in [1.807, 2.05) is 4.83 Å². The van der Waals surface area contributed by atoms with E-state index in [1.165, 1.54) is 0 Å². The molecule has 0 rings (SSSR count). The van der Waals surface area contributed by atoms with Gasteiger partial charge in [-0.25, -0.2) is 13.8 Å². The van der Waals surface area contributed by atoms with Crippen molar-refractivity contribution in [3.8, 4) is 0 Å². The van der Waals surface area contributed by atoms with Gasteiger partial charge in [-0.3, -0.25) is 4.79 Å². The van der Waals surface area contributed by atoms with Gasteiger partial charge in [-0.05, 0) is 20.8 Å². The molecule has 0 radical (unpaired) electrons. The molecule has 2 N–H and O–H groups in total. The summed E-state index contributed by atoms with van der Waals surface area (Å²) < 4.78 is 27.1. The molecular formula is C8H17ClN2O4S. The summed E-state index contributed by atoms with van der Waals surface area (Å²) >= 11 is 5.28. The van der Waals surface area contributed by atoms with E-state index in [0.717, 1.165) is 0 Å². The third kappa shape index (κ3) is 8.90. The summed E-state index contributed by atoms with van der Waals surface area (Å²) in [6.07, 6.45) is 0. The van der Waals surface area contributed by atoms with Crippen LogP contribution in [0.2, 0.25) is 0 Å².